The highest BCUT2D eigenvalue weighted by molar-refractivity contribution is 7.80. The van der Waals surface area contributed by atoms with Crippen molar-refractivity contribution in [2.45, 2.75) is 45.6 Å². The molecule has 0 fully saturated rings. The van der Waals surface area contributed by atoms with Gasteiger partial charge in [-0.15, -0.1) is 11.3 Å². The van der Waals surface area contributed by atoms with Gasteiger partial charge in [-0.3, -0.25) is 0 Å². The largest absolute Gasteiger partial charge is 0.497 e. The Morgan fingerprint density at radius 1 is 1.25 bits per heavy atom. The van der Waals surface area contributed by atoms with Crippen molar-refractivity contribution in [2.24, 2.45) is 0 Å². The van der Waals surface area contributed by atoms with Crippen molar-refractivity contribution < 1.29 is 14.3 Å². The predicted molar refractivity (Wildman–Crippen MR) is 118 cm³/mol. The number of benzene rings is 1. The zero-order chi connectivity index (χ0) is 20.1. The normalized spacial score (nSPS) is 14.0. The second kappa shape index (κ2) is 9.39. The van der Waals surface area contributed by atoms with E-state index in [-0.39, 0.29) is 12.0 Å². The average molecular weight is 419 g/mol. The topological polar surface area (TPSA) is 59.6 Å². The number of rotatable bonds is 6. The molecule has 28 heavy (non-hydrogen) atoms. The first-order valence-corrected chi connectivity index (χ1v) is 10.8. The summed E-state index contributed by atoms with van der Waals surface area (Å²) in [5, 5.41) is 7.81. The maximum atomic E-state index is 12.6. The highest BCUT2D eigenvalue weighted by atomic mass is 32.1. The van der Waals surface area contributed by atoms with E-state index in [4.69, 9.17) is 21.7 Å². The summed E-state index contributed by atoms with van der Waals surface area (Å²) >= 11 is 7.14. The molecule has 2 aromatic rings. The molecule has 0 aliphatic heterocycles. The van der Waals surface area contributed by atoms with Crippen LogP contribution in [0, 0.1) is 0 Å². The quantitative estimate of drug-likeness (QED) is 0.516. The summed E-state index contributed by atoms with van der Waals surface area (Å²) in [5.41, 5.74) is 2.88. The van der Waals surface area contributed by atoms with Crippen molar-refractivity contribution in [1.29, 1.82) is 0 Å². The molecule has 1 aliphatic rings. The number of thiophene rings is 1. The Bertz CT molecular complexity index is 846. The van der Waals surface area contributed by atoms with E-state index in [2.05, 4.69) is 10.6 Å². The second-order valence-corrected chi connectivity index (χ2v) is 8.24. The maximum Gasteiger partial charge on any atom is 0.341 e. The van der Waals surface area contributed by atoms with E-state index in [9.17, 15) is 4.79 Å². The molecule has 150 valence electrons. The average Bonchev–Trinajstić information content (AvgIpc) is 3.05. The molecule has 0 radical (unpaired) electrons. The first kappa shape index (κ1) is 20.6. The molecule has 0 spiro atoms. The van der Waals surface area contributed by atoms with Gasteiger partial charge in [0, 0.05) is 4.88 Å². The van der Waals surface area contributed by atoms with Crippen LogP contribution < -0.4 is 15.4 Å². The summed E-state index contributed by atoms with van der Waals surface area (Å²) in [6, 6.07) is 7.89. The van der Waals surface area contributed by atoms with E-state index in [1.54, 1.807) is 18.4 Å². The van der Waals surface area contributed by atoms with Gasteiger partial charge < -0.3 is 20.1 Å². The molecule has 7 heteroatoms. The molecule has 1 heterocycles. The molecule has 1 aromatic heterocycles. The van der Waals surface area contributed by atoms with Gasteiger partial charge in [0.1, 0.15) is 10.8 Å². The summed E-state index contributed by atoms with van der Waals surface area (Å²) < 4.78 is 10.5. The molecule has 5 nitrogen and oxygen atoms in total. The Morgan fingerprint density at radius 3 is 2.64 bits per heavy atom. The second-order valence-electron chi connectivity index (χ2n) is 6.73. The zero-order valence-corrected chi connectivity index (χ0v) is 18.1. The molecule has 3 rings (SSSR count). The molecule has 0 saturated heterocycles. The molecule has 2 N–H and O–H groups in total. The van der Waals surface area contributed by atoms with Crippen molar-refractivity contribution in [2.75, 3.05) is 19.0 Å². The third kappa shape index (κ3) is 4.64. The zero-order valence-electron chi connectivity index (χ0n) is 16.5. The van der Waals surface area contributed by atoms with E-state index in [1.807, 2.05) is 38.1 Å². The number of ether oxygens (including phenoxy) is 2. The van der Waals surface area contributed by atoms with Gasteiger partial charge in [-0.05, 0) is 75.0 Å². The Morgan fingerprint density at radius 2 is 1.96 bits per heavy atom. The van der Waals surface area contributed by atoms with Crippen molar-refractivity contribution in [3.05, 3.63) is 45.8 Å². The number of thiocarbonyl (C=S) groups is 1. The summed E-state index contributed by atoms with van der Waals surface area (Å²) in [5.74, 6) is 0.551. The standard InChI is InChI=1S/C21H26N2O3S2/c1-4-26-20(24)18-16-7-5-6-8-17(16)28-19(18)23-21(27)22-13(2)14-9-11-15(25-3)12-10-14/h9-13H,4-8H2,1-3H3,(H2,22,23,27). The van der Waals surface area contributed by atoms with Crippen LogP contribution in [0.1, 0.15) is 59.1 Å². The highest BCUT2D eigenvalue weighted by Gasteiger charge is 2.26. The molecular weight excluding hydrogens is 392 g/mol. The molecule has 1 atom stereocenters. The highest BCUT2D eigenvalue weighted by Crippen LogP contribution is 2.38. The summed E-state index contributed by atoms with van der Waals surface area (Å²) in [4.78, 5) is 13.8. The van der Waals surface area contributed by atoms with Gasteiger partial charge >= 0.3 is 5.97 Å². The van der Waals surface area contributed by atoms with Crippen LogP contribution >= 0.6 is 23.6 Å². The number of nitrogens with one attached hydrogen (secondary N) is 2. The number of fused-ring (bicyclic) bond motifs is 1. The SMILES string of the molecule is CCOC(=O)c1c(NC(=S)NC(C)c2ccc(OC)cc2)sc2c1CCCC2. The minimum Gasteiger partial charge on any atom is -0.497 e. The Hall–Kier alpha value is -2.12. The van der Waals surface area contributed by atoms with Gasteiger partial charge in [0.25, 0.3) is 0 Å². The van der Waals surface area contributed by atoms with Crippen LogP contribution in [-0.2, 0) is 17.6 Å². The lowest BCUT2D eigenvalue weighted by atomic mass is 9.95. The molecule has 1 unspecified atom stereocenters. The first-order chi connectivity index (χ1) is 13.5. The molecular formula is C21H26N2O3S2. The fourth-order valence-electron chi connectivity index (χ4n) is 3.38. The third-order valence-electron chi connectivity index (χ3n) is 4.84. The lowest BCUT2D eigenvalue weighted by molar-refractivity contribution is 0.0526. The van der Waals surface area contributed by atoms with E-state index in [0.717, 1.165) is 47.6 Å². The number of esters is 1. The molecule has 0 bridgehead atoms. The number of anilines is 1. The van der Waals surface area contributed by atoms with Crippen molar-refractivity contribution in [3.8, 4) is 5.75 Å². The summed E-state index contributed by atoms with van der Waals surface area (Å²) in [6.07, 6.45) is 4.19. The van der Waals surface area contributed by atoms with Gasteiger partial charge in [0.2, 0.25) is 0 Å². The Labute approximate surface area is 175 Å². The maximum absolute atomic E-state index is 12.6. The number of hydrogen-bond donors (Lipinski definition) is 2. The van der Waals surface area contributed by atoms with E-state index in [1.165, 1.54) is 4.88 Å². The fraction of sp³-hybridized carbons (Fsp3) is 0.429. The molecule has 0 saturated carbocycles. The van der Waals surface area contributed by atoms with E-state index < -0.39 is 0 Å². The van der Waals surface area contributed by atoms with Gasteiger partial charge in [0.15, 0.2) is 5.11 Å². The van der Waals surface area contributed by atoms with E-state index in [0.29, 0.717) is 17.3 Å². The van der Waals surface area contributed by atoms with Crippen LogP contribution in [0.25, 0.3) is 0 Å². The van der Waals surface area contributed by atoms with Crippen LogP contribution in [0.4, 0.5) is 5.00 Å². The van der Waals surface area contributed by atoms with Crippen LogP contribution in [0.15, 0.2) is 24.3 Å². The number of methoxy groups -OCH3 is 1. The third-order valence-corrected chi connectivity index (χ3v) is 6.27. The fourth-order valence-corrected chi connectivity index (χ4v) is 5.01. The van der Waals surface area contributed by atoms with Crippen LogP contribution in [0.3, 0.4) is 0 Å². The van der Waals surface area contributed by atoms with Crippen molar-refractivity contribution in [1.82, 2.24) is 5.32 Å². The van der Waals surface area contributed by atoms with Crippen LogP contribution in [0.2, 0.25) is 0 Å². The number of hydrogen-bond acceptors (Lipinski definition) is 5. The first-order valence-electron chi connectivity index (χ1n) is 9.56. The van der Waals surface area contributed by atoms with Crippen molar-refractivity contribution in [3.63, 3.8) is 0 Å². The Balaban J connectivity index is 1.74. The van der Waals surface area contributed by atoms with Gasteiger partial charge in [-0.1, -0.05) is 12.1 Å². The molecule has 1 aromatic carbocycles. The number of carbonyl (C=O) groups excluding carboxylic acids is 1. The lowest BCUT2D eigenvalue weighted by Gasteiger charge is -2.18. The monoisotopic (exact) mass is 418 g/mol. The van der Waals surface area contributed by atoms with Crippen LogP contribution in [-0.4, -0.2) is 24.8 Å². The van der Waals surface area contributed by atoms with Gasteiger partial charge in [0.05, 0.1) is 25.3 Å². The van der Waals surface area contributed by atoms with Gasteiger partial charge in [-0.25, -0.2) is 4.79 Å². The Kier molecular flexibility index (Phi) is 6.91. The minimum absolute atomic E-state index is 0.0199. The van der Waals surface area contributed by atoms with Crippen molar-refractivity contribution >= 4 is 39.6 Å². The lowest BCUT2D eigenvalue weighted by Crippen LogP contribution is -2.31. The van der Waals surface area contributed by atoms with Crippen LogP contribution in [0.5, 0.6) is 5.75 Å². The predicted octanol–water partition coefficient (Wildman–Crippen LogP) is 4.86. The number of carbonyl (C=O) groups is 1. The summed E-state index contributed by atoms with van der Waals surface area (Å²) in [6.45, 7) is 4.23. The summed E-state index contributed by atoms with van der Waals surface area (Å²) in [7, 11) is 1.65. The minimum atomic E-state index is -0.268. The van der Waals surface area contributed by atoms with Gasteiger partial charge in [-0.2, -0.15) is 0 Å². The molecule has 0 amide bonds. The van der Waals surface area contributed by atoms with E-state index >= 15 is 0 Å². The molecule has 1 aliphatic carbocycles. The number of aryl methyl sites for hydroxylation is 1. The smallest absolute Gasteiger partial charge is 0.341 e.